The van der Waals surface area contributed by atoms with Crippen LogP contribution in [0.3, 0.4) is 0 Å². The minimum Gasteiger partial charge on any atom is -0.452 e. The van der Waals surface area contributed by atoms with Crippen molar-refractivity contribution in [2.24, 2.45) is 0 Å². The average Bonchev–Trinajstić information content (AvgIpc) is 2.72. The Balaban J connectivity index is 1.49. The van der Waals surface area contributed by atoms with Gasteiger partial charge in [-0.3, -0.25) is 9.59 Å². The largest absolute Gasteiger partial charge is 0.452 e. The topological polar surface area (TPSA) is 55.4 Å². The number of rotatable bonds is 7. The Bertz CT molecular complexity index is 969. The molecular formula is C23H23NO3S. The number of hydrogen-bond acceptors (Lipinski definition) is 4. The quantitative estimate of drug-likeness (QED) is 0.450. The zero-order chi connectivity index (χ0) is 19.9. The third kappa shape index (κ3) is 5.36. The van der Waals surface area contributed by atoms with Crippen LogP contribution < -0.4 is 5.32 Å². The Labute approximate surface area is 169 Å². The fourth-order valence-electron chi connectivity index (χ4n) is 2.75. The summed E-state index contributed by atoms with van der Waals surface area (Å²) in [6.45, 7) is 3.65. The summed E-state index contributed by atoms with van der Waals surface area (Å²) in [7, 11) is 0. The number of thioether (sulfide) groups is 1. The summed E-state index contributed by atoms with van der Waals surface area (Å²) in [6.07, 6.45) is 0.0902. The van der Waals surface area contributed by atoms with E-state index >= 15 is 0 Å². The number of fused-ring (bicyclic) bond motifs is 1. The lowest BCUT2D eigenvalue weighted by Crippen LogP contribution is -2.30. The van der Waals surface area contributed by atoms with Gasteiger partial charge in [0, 0.05) is 10.6 Å². The minimum absolute atomic E-state index is 0.154. The first-order valence-corrected chi connectivity index (χ1v) is 10.2. The molecule has 144 valence electrons. The lowest BCUT2D eigenvalue weighted by Gasteiger charge is -2.13. The summed E-state index contributed by atoms with van der Waals surface area (Å²) in [4.78, 5) is 25.3. The van der Waals surface area contributed by atoms with Gasteiger partial charge >= 0.3 is 5.97 Å². The van der Waals surface area contributed by atoms with Gasteiger partial charge in [-0.15, -0.1) is 11.8 Å². The highest BCUT2D eigenvalue weighted by atomic mass is 32.2. The lowest BCUT2D eigenvalue weighted by atomic mass is 10.1. The summed E-state index contributed by atoms with van der Waals surface area (Å²) in [5.41, 5.74) is 1.89. The van der Waals surface area contributed by atoms with E-state index in [9.17, 15) is 9.59 Å². The van der Waals surface area contributed by atoms with Crippen molar-refractivity contribution in [1.82, 2.24) is 0 Å². The normalized spacial score (nSPS) is 11.8. The van der Waals surface area contributed by atoms with Gasteiger partial charge in [0.25, 0.3) is 5.91 Å². The maximum absolute atomic E-state index is 12.2. The first-order chi connectivity index (χ1) is 13.5. The Morgan fingerprint density at radius 3 is 2.43 bits per heavy atom. The van der Waals surface area contributed by atoms with Crippen molar-refractivity contribution in [3.05, 3.63) is 72.3 Å². The van der Waals surface area contributed by atoms with Crippen LogP contribution in [0.25, 0.3) is 10.8 Å². The molecule has 1 N–H and O–H groups in total. The monoisotopic (exact) mass is 393 g/mol. The fraction of sp³-hybridized carbons (Fsp3) is 0.217. The molecular weight excluding hydrogens is 370 g/mol. The zero-order valence-electron chi connectivity index (χ0n) is 16.0. The van der Waals surface area contributed by atoms with E-state index in [-0.39, 0.29) is 11.7 Å². The number of ether oxygens (including phenoxy) is 1. The number of hydrogen-bond donors (Lipinski definition) is 1. The van der Waals surface area contributed by atoms with Gasteiger partial charge in [-0.2, -0.15) is 0 Å². The van der Waals surface area contributed by atoms with Crippen LogP contribution in [0.15, 0.2) is 71.6 Å². The Morgan fingerprint density at radius 2 is 1.71 bits per heavy atom. The maximum Gasteiger partial charge on any atom is 0.317 e. The molecule has 0 fully saturated rings. The fourth-order valence-corrected chi connectivity index (χ4v) is 3.48. The van der Waals surface area contributed by atoms with Crippen LogP contribution in [0.4, 0.5) is 5.69 Å². The molecule has 0 radical (unpaired) electrons. The van der Waals surface area contributed by atoms with Gasteiger partial charge in [0.15, 0.2) is 6.10 Å². The molecule has 5 heteroatoms. The Kier molecular flexibility index (Phi) is 6.71. The highest BCUT2D eigenvalue weighted by Gasteiger charge is 2.18. The van der Waals surface area contributed by atoms with Gasteiger partial charge in [0.1, 0.15) is 0 Å². The predicted octanol–water partition coefficient (Wildman–Crippen LogP) is 5.06. The van der Waals surface area contributed by atoms with Crippen molar-refractivity contribution in [1.29, 1.82) is 0 Å². The van der Waals surface area contributed by atoms with E-state index in [0.717, 1.165) is 22.1 Å². The molecule has 0 saturated carbocycles. The van der Waals surface area contributed by atoms with Crippen molar-refractivity contribution >= 4 is 40.1 Å². The van der Waals surface area contributed by atoms with Crippen molar-refractivity contribution in [3.63, 3.8) is 0 Å². The number of aryl methyl sites for hydroxylation is 1. The molecule has 1 atom stereocenters. The van der Waals surface area contributed by atoms with E-state index in [1.807, 2.05) is 66.7 Å². The average molecular weight is 394 g/mol. The molecule has 1 amide bonds. The molecule has 0 aromatic heterocycles. The molecule has 0 aliphatic rings. The smallest absolute Gasteiger partial charge is 0.317 e. The van der Waals surface area contributed by atoms with E-state index in [0.29, 0.717) is 5.69 Å². The SMILES string of the molecule is CCc1ccc(NC(=O)[C@@H](C)OC(=O)CSc2ccc3ccccc3c2)cc1. The van der Waals surface area contributed by atoms with E-state index < -0.39 is 12.1 Å². The van der Waals surface area contributed by atoms with Crippen molar-refractivity contribution in [2.45, 2.75) is 31.3 Å². The number of carbonyl (C=O) groups excluding carboxylic acids is 2. The van der Waals surface area contributed by atoms with E-state index in [4.69, 9.17) is 4.74 Å². The molecule has 0 heterocycles. The molecule has 0 aliphatic heterocycles. The summed E-state index contributed by atoms with van der Waals surface area (Å²) in [5, 5.41) is 5.06. The van der Waals surface area contributed by atoms with Crippen molar-refractivity contribution in [3.8, 4) is 0 Å². The second-order valence-corrected chi connectivity index (χ2v) is 7.52. The van der Waals surface area contributed by atoms with E-state index in [1.54, 1.807) is 6.92 Å². The first kappa shape index (κ1) is 20.0. The van der Waals surface area contributed by atoms with Gasteiger partial charge in [0.2, 0.25) is 0 Å². The Morgan fingerprint density at radius 1 is 1.00 bits per heavy atom. The number of esters is 1. The van der Waals surface area contributed by atoms with Crippen LogP contribution in [0.1, 0.15) is 19.4 Å². The molecule has 3 aromatic rings. The van der Waals surface area contributed by atoms with Crippen LogP contribution in [0.2, 0.25) is 0 Å². The minimum atomic E-state index is -0.851. The number of amides is 1. The summed E-state index contributed by atoms with van der Waals surface area (Å²) >= 11 is 1.40. The van der Waals surface area contributed by atoms with Gasteiger partial charge in [-0.25, -0.2) is 0 Å². The molecule has 28 heavy (non-hydrogen) atoms. The third-order valence-electron chi connectivity index (χ3n) is 4.38. The lowest BCUT2D eigenvalue weighted by molar-refractivity contribution is -0.150. The van der Waals surface area contributed by atoms with Crippen molar-refractivity contribution in [2.75, 3.05) is 11.1 Å². The maximum atomic E-state index is 12.2. The van der Waals surface area contributed by atoms with Crippen LogP contribution >= 0.6 is 11.8 Å². The molecule has 0 unspecified atom stereocenters. The standard InChI is InChI=1S/C23H23NO3S/c1-3-17-8-11-20(12-9-17)24-23(26)16(2)27-22(25)15-28-21-13-10-18-6-4-5-7-19(18)14-21/h4-14,16H,3,15H2,1-2H3,(H,24,26)/t16-/m1/s1. The number of carbonyl (C=O) groups is 2. The van der Waals surface area contributed by atoms with E-state index in [1.165, 1.54) is 17.3 Å². The summed E-state index contributed by atoms with van der Waals surface area (Å²) in [6, 6.07) is 21.8. The van der Waals surface area contributed by atoms with Gasteiger partial charge < -0.3 is 10.1 Å². The van der Waals surface area contributed by atoms with Gasteiger partial charge in [-0.1, -0.05) is 49.4 Å². The highest BCUT2D eigenvalue weighted by Crippen LogP contribution is 2.23. The van der Waals surface area contributed by atoms with Crippen molar-refractivity contribution < 1.29 is 14.3 Å². The molecule has 0 bridgehead atoms. The van der Waals surface area contributed by atoms with Gasteiger partial charge in [0.05, 0.1) is 5.75 Å². The van der Waals surface area contributed by atoms with Crippen LogP contribution in [0.5, 0.6) is 0 Å². The molecule has 3 rings (SSSR count). The third-order valence-corrected chi connectivity index (χ3v) is 5.35. The molecule has 0 aliphatic carbocycles. The Hall–Kier alpha value is -2.79. The first-order valence-electron chi connectivity index (χ1n) is 9.26. The van der Waals surface area contributed by atoms with Crippen LogP contribution in [-0.2, 0) is 20.7 Å². The predicted molar refractivity (Wildman–Crippen MR) is 115 cm³/mol. The van der Waals surface area contributed by atoms with Crippen LogP contribution in [0, 0.1) is 0 Å². The number of benzene rings is 3. The van der Waals surface area contributed by atoms with Gasteiger partial charge in [-0.05, 0) is 53.9 Å². The highest BCUT2D eigenvalue weighted by molar-refractivity contribution is 8.00. The number of anilines is 1. The second-order valence-electron chi connectivity index (χ2n) is 6.47. The molecule has 0 saturated heterocycles. The molecule has 0 spiro atoms. The number of nitrogens with one attached hydrogen (secondary N) is 1. The van der Waals surface area contributed by atoms with E-state index in [2.05, 4.69) is 12.2 Å². The zero-order valence-corrected chi connectivity index (χ0v) is 16.8. The summed E-state index contributed by atoms with van der Waals surface area (Å²) in [5.74, 6) is -0.600. The molecule has 4 nitrogen and oxygen atoms in total. The summed E-state index contributed by atoms with van der Waals surface area (Å²) < 4.78 is 5.27. The van der Waals surface area contributed by atoms with Crippen LogP contribution in [-0.4, -0.2) is 23.7 Å². The second kappa shape index (κ2) is 9.42. The molecule has 3 aromatic carbocycles.